The Bertz CT molecular complexity index is 857. The van der Waals surface area contributed by atoms with Crippen LogP contribution in [0.2, 0.25) is 0 Å². The van der Waals surface area contributed by atoms with Crippen LogP contribution in [-0.2, 0) is 30.4 Å². The summed E-state index contributed by atoms with van der Waals surface area (Å²) in [7, 11) is 0. The summed E-state index contributed by atoms with van der Waals surface area (Å²) in [6, 6.07) is 4.22. The molecule has 0 saturated heterocycles. The lowest BCUT2D eigenvalue weighted by molar-refractivity contribution is -0.141. The number of primary amides is 1. The minimum atomic E-state index is -1.26. The second kappa shape index (κ2) is 15.2. The minimum Gasteiger partial charge on any atom is -0.480 e. The van der Waals surface area contributed by atoms with E-state index in [1.165, 1.54) is 11.8 Å². The van der Waals surface area contributed by atoms with Gasteiger partial charge in [-0.25, -0.2) is 4.79 Å². The molecule has 0 saturated carbocycles. The molecule has 0 radical (unpaired) electrons. The molecule has 13 heteroatoms. The normalized spacial score (nSPS) is 14.2. The number of rotatable bonds is 15. The van der Waals surface area contributed by atoms with Crippen LogP contribution in [0.4, 0.5) is 0 Å². The van der Waals surface area contributed by atoms with Crippen molar-refractivity contribution >= 4 is 54.0 Å². The Hall–Kier alpha value is -2.77. The monoisotopic (exact) mass is 513 g/mol. The molecular weight excluding hydrogens is 482 g/mol. The van der Waals surface area contributed by atoms with Gasteiger partial charge in [-0.2, -0.15) is 24.4 Å². The number of carboxylic acid groups (broad SMARTS) is 1. The zero-order chi connectivity index (χ0) is 25.7. The van der Waals surface area contributed by atoms with Crippen molar-refractivity contribution in [1.29, 1.82) is 0 Å². The Kier molecular flexibility index (Phi) is 13.1. The number of carboxylic acids is 1. The number of thiol groups is 1. The molecular formula is C21H31N5O6S2. The number of amides is 4. The van der Waals surface area contributed by atoms with Gasteiger partial charge in [0.2, 0.25) is 23.6 Å². The van der Waals surface area contributed by atoms with Crippen molar-refractivity contribution in [2.24, 2.45) is 11.5 Å². The molecule has 1 aromatic carbocycles. The summed E-state index contributed by atoms with van der Waals surface area (Å²) in [5, 5.41) is 16.7. The van der Waals surface area contributed by atoms with Crippen LogP contribution < -0.4 is 27.4 Å². The van der Waals surface area contributed by atoms with Gasteiger partial charge in [0.1, 0.15) is 18.1 Å². The fourth-order valence-electron chi connectivity index (χ4n) is 2.88. The molecule has 4 unspecified atom stereocenters. The van der Waals surface area contributed by atoms with Crippen LogP contribution in [0.25, 0.3) is 0 Å². The molecule has 0 aliphatic heterocycles. The van der Waals surface area contributed by atoms with Gasteiger partial charge < -0.3 is 32.5 Å². The number of aliphatic carboxylic acids is 1. The van der Waals surface area contributed by atoms with Gasteiger partial charge in [0, 0.05) is 12.2 Å². The van der Waals surface area contributed by atoms with Crippen molar-refractivity contribution in [3.8, 4) is 0 Å². The fraction of sp³-hybridized carbons (Fsp3) is 0.476. The highest BCUT2D eigenvalue weighted by Crippen LogP contribution is 2.07. The Morgan fingerprint density at radius 1 is 0.971 bits per heavy atom. The second-order valence-corrected chi connectivity index (χ2v) is 8.80. The van der Waals surface area contributed by atoms with Gasteiger partial charge in [-0.1, -0.05) is 30.3 Å². The third-order valence-corrected chi connectivity index (χ3v) is 5.72. The van der Waals surface area contributed by atoms with E-state index in [0.717, 1.165) is 5.56 Å². The van der Waals surface area contributed by atoms with Crippen molar-refractivity contribution in [3.63, 3.8) is 0 Å². The van der Waals surface area contributed by atoms with Gasteiger partial charge in [0.25, 0.3) is 0 Å². The molecule has 0 fully saturated rings. The number of benzene rings is 1. The number of carbonyl (C=O) groups excluding carboxylic acids is 4. The van der Waals surface area contributed by atoms with Gasteiger partial charge in [0.15, 0.2) is 0 Å². The molecule has 0 spiro atoms. The number of nitrogens with one attached hydrogen (secondary N) is 3. The van der Waals surface area contributed by atoms with E-state index in [-0.39, 0.29) is 25.0 Å². The summed E-state index contributed by atoms with van der Waals surface area (Å²) < 4.78 is 0. The predicted octanol–water partition coefficient (Wildman–Crippen LogP) is -1.35. The average molecular weight is 514 g/mol. The first-order valence-corrected chi connectivity index (χ1v) is 12.4. The molecule has 34 heavy (non-hydrogen) atoms. The van der Waals surface area contributed by atoms with Crippen LogP contribution in [0.3, 0.4) is 0 Å². The summed E-state index contributed by atoms with van der Waals surface area (Å²) in [5.74, 6) is -3.74. The lowest BCUT2D eigenvalue weighted by atomic mass is 10.0. The molecule has 0 aromatic heterocycles. The minimum absolute atomic E-state index is 0.0850. The summed E-state index contributed by atoms with van der Waals surface area (Å²) in [4.78, 5) is 60.6. The highest BCUT2D eigenvalue weighted by atomic mass is 32.2. The molecule has 0 bridgehead atoms. The molecule has 0 heterocycles. The maximum atomic E-state index is 13.0. The van der Waals surface area contributed by atoms with Gasteiger partial charge in [-0.15, -0.1) is 0 Å². The first-order valence-electron chi connectivity index (χ1n) is 10.4. The van der Waals surface area contributed by atoms with Crippen LogP contribution >= 0.6 is 24.4 Å². The van der Waals surface area contributed by atoms with E-state index in [1.54, 1.807) is 30.3 Å². The van der Waals surface area contributed by atoms with Crippen molar-refractivity contribution in [3.05, 3.63) is 35.9 Å². The van der Waals surface area contributed by atoms with Crippen molar-refractivity contribution in [2.75, 3.05) is 17.8 Å². The molecule has 188 valence electrons. The number of hydrogen-bond acceptors (Lipinski definition) is 8. The largest absolute Gasteiger partial charge is 0.480 e. The van der Waals surface area contributed by atoms with Gasteiger partial charge in [-0.05, 0) is 24.0 Å². The SMILES string of the molecule is CSCCC(NC(=O)C(N)CC(N)=O)C(=O)NC(Cc1ccccc1)C(=O)NC(CS)C(=O)O. The Labute approximate surface area is 207 Å². The summed E-state index contributed by atoms with van der Waals surface area (Å²) in [6.07, 6.45) is 1.75. The van der Waals surface area contributed by atoms with Gasteiger partial charge in [-0.3, -0.25) is 19.2 Å². The number of carbonyl (C=O) groups is 5. The van der Waals surface area contributed by atoms with E-state index in [4.69, 9.17) is 11.5 Å². The third-order valence-electron chi connectivity index (χ3n) is 4.71. The summed E-state index contributed by atoms with van der Waals surface area (Å²) in [6.45, 7) is 0. The topological polar surface area (TPSA) is 194 Å². The lowest BCUT2D eigenvalue weighted by Gasteiger charge is -2.25. The quantitative estimate of drug-likeness (QED) is 0.140. The van der Waals surface area contributed by atoms with E-state index in [0.29, 0.717) is 5.75 Å². The molecule has 11 nitrogen and oxygen atoms in total. The standard InChI is InChI=1S/C21H31N5O6S2/c1-34-8-7-14(24-18(28)13(22)10-17(23)27)19(29)25-15(9-12-5-3-2-4-6-12)20(30)26-16(11-33)21(31)32/h2-6,13-16,33H,7-11,22H2,1H3,(H2,23,27)(H,24,28)(H,25,29)(H,26,30)(H,31,32). The maximum Gasteiger partial charge on any atom is 0.327 e. The van der Waals surface area contributed by atoms with Gasteiger partial charge in [0.05, 0.1) is 12.5 Å². The van der Waals surface area contributed by atoms with E-state index in [1.807, 2.05) is 6.26 Å². The average Bonchev–Trinajstić information content (AvgIpc) is 2.79. The van der Waals surface area contributed by atoms with E-state index in [9.17, 15) is 29.1 Å². The van der Waals surface area contributed by atoms with Crippen LogP contribution in [0, 0.1) is 0 Å². The lowest BCUT2D eigenvalue weighted by Crippen LogP contribution is -2.58. The Morgan fingerprint density at radius 2 is 1.53 bits per heavy atom. The van der Waals surface area contributed by atoms with E-state index < -0.39 is 53.8 Å². The zero-order valence-electron chi connectivity index (χ0n) is 18.7. The zero-order valence-corrected chi connectivity index (χ0v) is 20.4. The smallest absolute Gasteiger partial charge is 0.327 e. The number of thioether (sulfide) groups is 1. The van der Waals surface area contributed by atoms with Crippen molar-refractivity contribution in [2.45, 2.75) is 43.4 Å². The van der Waals surface area contributed by atoms with Crippen LogP contribution in [0.1, 0.15) is 18.4 Å². The highest BCUT2D eigenvalue weighted by Gasteiger charge is 2.30. The van der Waals surface area contributed by atoms with Crippen LogP contribution in [0.15, 0.2) is 30.3 Å². The third kappa shape index (κ3) is 10.4. The number of hydrogen-bond donors (Lipinski definition) is 7. The van der Waals surface area contributed by atoms with Crippen LogP contribution in [-0.4, -0.2) is 76.6 Å². The molecule has 1 rings (SSSR count). The van der Waals surface area contributed by atoms with E-state index in [2.05, 4.69) is 28.6 Å². The molecule has 4 amide bonds. The second-order valence-electron chi connectivity index (χ2n) is 7.45. The molecule has 0 aliphatic carbocycles. The molecule has 1 aromatic rings. The number of nitrogens with two attached hydrogens (primary N) is 2. The fourth-order valence-corrected chi connectivity index (χ4v) is 3.60. The van der Waals surface area contributed by atoms with Crippen molar-refractivity contribution in [1.82, 2.24) is 16.0 Å². The first kappa shape index (κ1) is 29.3. The van der Waals surface area contributed by atoms with Crippen molar-refractivity contribution < 1.29 is 29.1 Å². The summed E-state index contributed by atoms with van der Waals surface area (Å²) >= 11 is 5.39. The summed E-state index contributed by atoms with van der Waals surface area (Å²) in [5.41, 5.74) is 11.5. The van der Waals surface area contributed by atoms with E-state index >= 15 is 0 Å². The molecule has 4 atom stereocenters. The Morgan fingerprint density at radius 3 is 2.06 bits per heavy atom. The first-order chi connectivity index (χ1) is 16.1. The maximum absolute atomic E-state index is 13.0. The predicted molar refractivity (Wildman–Crippen MR) is 132 cm³/mol. The van der Waals surface area contributed by atoms with Gasteiger partial charge >= 0.3 is 5.97 Å². The molecule has 8 N–H and O–H groups in total. The highest BCUT2D eigenvalue weighted by molar-refractivity contribution is 7.98. The Balaban J connectivity index is 3.05. The van der Waals surface area contributed by atoms with Crippen LogP contribution in [0.5, 0.6) is 0 Å². The molecule has 0 aliphatic rings.